The Hall–Kier alpha value is -3.75. The fourth-order valence-corrected chi connectivity index (χ4v) is 6.43. The Labute approximate surface area is 243 Å². The second-order valence-electron chi connectivity index (χ2n) is 10.7. The molecule has 2 N–H and O–H groups in total. The number of nitrogens with zero attached hydrogens (tertiary/aromatic N) is 2. The van der Waals surface area contributed by atoms with E-state index in [-0.39, 0.29) is 29.1 Å². The van der Waals surface area contributed by atoms with Gasteiger partial charge in [0.1, 0.15) is 5.82 Å². The lowest BCUT2D eigenvalue weighted by atomic mass is 9.64. The lowest BCUT2D eigenvalue weighted by Gasteiger charge is -2.44. The number of benzene rings is 3. The van der Waals surface area contributed by atoms with Gasteiger partial charge in [0.25, 0.3) is 0 Å². The maximum Gasteiger partial charge on any atom is 0.328 e. The number of carbonyl (C=O) groups is 3. The van der Waals surface area contributed by atoms with Gasteiger partial charge >= 0.3 is 11.9 Å². The second-order valence-corrected chi connectivity index (χ2v) is 11.2. The third-order valence-corrected chi connectivity index (χ3v) is 8.57. The number of likely N-dealkylation sites (tertiary alicyclic amines) is 2. The minimum atomic E-state index is -1.26. The molecule has 2 heterocycles. The average molecular weight is 581 g/mol. The first kappa shape index (κ1) is 30.2. The summed E-state index contributed by atoms with van der Waals surface area (Å²) >= 11 is 6.45. The second kappa shape index (κ2) is 12.8. The van der Waals surface area contributed by atoms with Crippen molar-refractivity contribution < 1.29 is 29.0 Å². The highest BCUT2D eigenvalue weighted by Crippen LogP contribution is 2.48. The smallest absolute Gasteiger partial charge is 0.328 e. The van der Waals surface area contributed by atoms with Crippen molar-refractivity contribution >= 4 is 40.2 Å². The van der Waals surface area contributed by atoms with Gasteiger partial charge < -0.3 is 20.0 Å². The van der Waals surface area contributed by atoms with Crippen LogP contribution in [0.4, 0.5) is 4.39 Å². The zero-order chi connectivity index (χ0) is 29.7. The van der Waals surface area contributed by atoms with Crippen LogP contribution in [0.5, 0.6) is 0 Å². The van der Waals surface area contributed by atoms with Crippen LogP contribution in [0, 0.1) is 11.7 Å². The molecule has 2 fully saturated rings. The maximum absolute atomic E-state index is 14.0. The van der Waals surface area contributed by atoms with E-state index in [1.54, 1.807) is 0 Å². The minimum Gasteiger partial charge on any atom is -0.478 e. The van der Waals surface area contributed by atoms with Gasteiger partial charge in [0.15, 0.2) is 0 Å². The molecule has 0 spiro atoms. The molecule has 2 unspecified atom stereocenters. The number of carbonyl (C=O) groups excluding carboxylic acids is 1. The summed E-state index contributed by atoms with van der Waals surface area (Å²) in [7, 11) is 2.13. The molecule has 41 heavy (non-hydrogen) atoms. The Morgan fingerprint density at radius 1 is 1.00 bits per heavy atom. The Morgan fingerprint density at radius 3 is 2.22 bits per heavy atom. The predicted octanol–water partition coefficient (Wildman–Crippen LogP) is 5.92. The van der Waals surface area contributed by atoms with E-state index in [1.807, 2.05) is 41.3 Å². The minimum absolute atomic E-state index is 0.0670. The normalized spacial score (nSPS) is 19.7. The topological polar surface area (TPSA) is 98.2 Å². The summed E-state index contributed by atoms with van der Waals surface area (Å²) in [5.41, 5.74) is 1.94. The Balaban J connectivity index is 0.000000426. The van der Waals surface area contributed by atoms with E-state index in [0.717, 1.165) is 60.8 Å². The number of carboxylic acids is 2. The summed E-state index contributed by atoms with van der Waals surface area (Å²) in [6.07, 6.45) is 3.76. The monoisotopic (exact) mass is 580 g/mol. The predicted molar refractivity (Wildman–Crippen MR) is 156 cm³/mol. The van der Waals surface area contributed by atoms with Crippen LogP contribution < -0.4 is 0 Å². The number of halogens is 2. The van der Waals surface area contributed by atoms with Crippen LogP contribution in [0.2, 0.25) is 5.02 Å². The summed E-state index contributed by atoms with van der Waals surface area (Å²) in [4.78, 5) is 37.4. The van der Waals surface area contributed by atoms with Crippen LogP contribution in [0.25, 0.3) is 10.8 Å². The molecule has 2 atom stereocenters. The molecule has 2 saturated heterocycles. The molecule has 1 amide bonds. The van der Waals surface area contributed by atoms with E-state index in [2.05, 4.69) is 31.0 Å². The quantitative estimate of drug-likeness (QED) is 0.351. The van der Waals surface area contributed by atoms with Gasteiger partial charge in [-0.2, -0.15) is 0 Å². The van der Waals surface area contributed by atoms with Gasteiger partial charge in [-0.05, 0) is 92.5 Å². The Kier molecular flexibility index (Phi) is 9.46. The molecule has 5 rings (SSSR count). The highest BCUT2D eigenvalue weighted by molar-refractivity contribution is 6.31. The molecule has 0 aliphatic carbocycles. The fourth-order valence-electron chi connectivity index (χ4n) is 6.20. The largest absolute Gasteiger partial charge is 0.478 e. The summed E-state index contributed by atoms with van der Waals surface area (Å²) in [5, 5.41) is 18.5. The molecule has 2 aliphatic heterocycles. The van der Waals surface area contributed by atoms with Gasteiger partial charge in [0, 0.05) is 35.1 Å². The number of carboxylic acid groups (broad SMARTS) is 2. The van der Waals surface area contributed by atoms with Gasteiger partial charge in [-0.3, -0.25) is 4.79 Å². The molecule has 216 valence electrons. The number of piperidine rings is 1. The lowest BCUT2D eigenvalue weighted by molar-refractivity contribution is -0.135. The van der Waals surface area contributed by atoms with E-state index < -0.39 is 11.9 Å². The molecule has 0 saturated carbocycles. The highest BCUT2D eigenvalue weighted by Gasteiger charge is 2.50. The summed E-state index contributed by atoms with van der Waals surface area (Å²) in [6, 6.07) is 19.0. The van der Waals surface area contributed by atoms with Gasteiger partial charge in [-0.1, -0.05) is 48.0 Å². The molecule has 0 bridgehead atoms. The molecule has 7 nitrogen and oxygen atoms in total. The van der Waals surface area contributed by atoms with Crippen LogP contribution in [0.1, 0.15) is 43.4 Å². The molecule has 2 aliphatic rings. The molecular formula is C32H34ClFN2O5. The van der Waals surface area contributed by atoms with Crippen molar-refractivity contribution in [1.29, 1.82) is 0 Å². The first-order valence-electron chi connectivity index (χ1n) is 13.6. The summed E-state index contributed by atoms with van der Waals surface area (Å²) in [5.74, 6) is -2.63. The van der Waals surface area contributed by atoms with Crippen molar-refractivity contribution in [2.45, 2.75) is 37.6 Å². The number of hydrogen-bond acceptors (Lipinski definition) is 4. The molecule has 3 aromatic rings. The number of fused-ring (bicyclic) bond motifs is 1. The van der Waals surface area contributed by atoms with Gasteiger partial charge in [0.05, 0.1) is 6.04 Å². The van der Waals surface area contributed by atoms with E-state index in [0.29, 0.717) is 17.2 Å². The first-order valence-corrected chi connectivity index (χ1v) is 14.0. The summed E-state index contributed by atoms with van der Waals surface area (Å²) in [6.45, 7) is 4.72. The van der Waals surface area contributed by atoms with Gasteiger partial charge in [-0.15, -0.1) is 0 Å². The van der Waals surface area contributed by atoms with E-state index >= 15 is 0 Å². The van der Waals surface area contributed by atoms with Crippen molar-refractivity contribution in [1.82, 2.24) is 9.80 Å². The van der Waals surface area contributed by atoms with Crippen molar-refractivity contribution in [2.24, 2.45) is 5.92 Å². The Morgan fingerprint density at radius 2 is 1.61 bits per heavy atom. The first-order chi connectivity index (χ1) is 19.5. The van der Waals surface area contributed by atoms with Gasteiger partial charge in [0.2, 0.25) is 5.91 Å². The zero-order valence-electron chi connectivity index (χ0n) is 23.1. The number of amides is 1. The van der Waals surface area contributed by atoms with E-state index in [1.165, 1.54) is 12.1 Å². The lowest BCUT2D eigenvalue weighted by Crippen LogP contribution is -2.48. The van der Waals surface area contributed by atoms with Crippen LogP contribution in [0.3, 0.4) is 0 Å². The Bertz CT molecular complexity index is 1430. The SMILES string of the molecule is CC(c1cc(Cl)cc2ccccc12)N1CCC(C2(c3ccc(F)cc3)CCN(C)CC2)C1=O.O=C(O)/C=C/C(=O)O. The van der Waals surface area contributed by atoms with Crippen molar-refractivity contribution in [3.8, 4) is 0 Å². The van der Waals surface area contributed by atoms with Crippen LogP contribution in [0.15, 0.2) is 72.8 Å². The fraction of sp³-hybridized carbons (Fsp3) is 0.344. The van der Waals surface area contributed by atoms with Crippen molar-refractivity contribution in [2.75, 3.05) is 26.7 Å². The number of aliphatic carboxylic acids is 2. The van der Waals surface area contributed by atoms with Gasteiger partial charge in [-0.25, -0.2) is 14.0 Å². The van der Waals surface area contributed by atoms with Crippen molar-refractivity contribution in [3.05, 3.63) is 94.8 Å². The maximum atomic E-state index is 14.0. The van der Waals surface area contributed by atoms with E-state index in [4.69, 9.17) is 21.8 Å². The molecule has 9 heteroatoms. The third-order valence-electron chi connectivity index (χ3n) is 8.35. The summed E-state index contributed by atoms with van der Waals surface area (Å²) < 4.78 is 13.7. The molecule has 0 radical (unpaired) electrons. The molecule has 0 aromatic heterocycles. The van der Waals surface area contributed by atoms with Crippen LogP contribution >= 0.6 is 11.6 Å². The number of rotatable bonds is 6. The standard InChI is InChI=1S/C28H30ClFN2O.C4H4O4/c1-19(25-18-22(29)17-20-5-3-4-6-24(20)25)32-14-11-26(27(32)33)28(12-15-31(2)16-13-28)21-7-9-23(30)10-8-21;5-3(6)1-2-4(7)8/h3-10,17-19,26H,11-16H2,1-2H3;1-2H,(H,5,6)(H,7,8)/b;2-1+. The third kappa shape index (κ3) is 6.77. The molecular weight excluding hydrogens is 547 g/mol. The number of hydrogen-bond donors (Lipinski definition) is 2. The van der Waals surface area contributed by atoms with Crippen LogP contribution in [-0.2, 0) is 19.8 Å². The van der Waals surface area contributed by atoms with Crippen LogP contribution in [-0.4, -0.2) is 64.5 Å². The van der Waals surface area contributed by atoms with Crippen molar-refractivity contribution in [3.63, 3.8) is 0 Å². The highest BCUT2D eigenvalue weighted by atomic mass is 35.5. The van der Waals surface area contributed by atoms with E-state index in [9.17, 15) is 18.8 Å². The molecule has 3 aromatic carbocycles. The average Bonchev–Trinajstić information content (AvgIpc) is 3.34. The zero-order valence-corrected chi connectivity index (χ0v) is 23.9.